The van der Waals surface area contributed by atoms with Crippen molar-refractivity contribution >= 4 is 38.6 Å². The summed E-state index contributed by atoms with van der Waals surface area (Å²) < 4.78 is 3.21. The van der Waals surface area contributed by atoms with Crippen molar-refractivity contribution in [3.8, 4) is 0 Å². The zero-order chi connectivity index (χ0) is 23.1. The van der Waals surface area contributed by atoms with Crippen molar-refractivity contribution in [1.82, 2.24) is 24.6 Å². The SMILES string of the molecule is CC[C@H](C(=O)NCCc1c[nH]c2ccc(C)cc12)n1c2ccccc2c2cnn(C)c(=O)c21. The van der Waals surface area contributed by atoms with Crippen LogP contribution in [0, 0.1) is 6.92 Å². The molecule has 1 atom stereocenters. The second-order valence-electron chi connectivity index (χ2n) is 8.55. The molecule has 2 N–H and O–H groups in total. The van der Waals surface area contributed by atoms with E-state index >= 15 is 0 Å². The van der Waals surface area contributed by atoms with E-state index in [1.54, 1.807) is 13.2 Å². The summed E-state index contributed by atoms with van der Waals surface area (Å²) in [5, 5.41) is 10.2. The number of carbonyl (C=O) groups excluding carboxylic acids is 1. The highest BCUT2D eigenvalue weighted by atomic mass is 16.2. The summed E-state index contributed by atoms with van der Waals surface area (Å²) >= 11 is 0. The molecule has 0 aliphatic rings. The second kappa shape index (κ2) is 8.24. The molecule has 0 saturated carbocycles. The van der Waals surface area contributed by atoms with Crippen LogP contribution >= 0.6 is 0 Å². The summed E-state index contributed by atoms with van der Waals surface area (Å²) in [4.78, 5) is 29.7. The number of hydrogen-bond donors (Lipinski definition) is 2. The standard InChI is InChI=1S/C26H27N5O2/c1-4-22(25(32)27-12-11-17-14-28-21-10-9-16(2)13-19(17)21)31-23-8-6-5-7-18(23)20-15-29-30(3)26(33)24(20)31/h5-10,13-15,22,28H,4,11-12H2,1-3H3,(H,27,32)/t22-/m1/s1. The maximum Gasteiger partial charge on any atom is 0.291 e. The van der Waals surface area contributed by atoms with E-state index in [0.717, 1.165) is 28.2 Å². The molecule has 0 saturated heterocycles. The van der Waals surface area contributed by atoms with Gasteiger partial charge in [0.2, 0.25) is 5.91 Å². The number of aromatic amines is 1. The van der Waals surface area contributed by atoms with Gasteiger partial charge in [-0.1, -0.05) is 36.8 Å². The van der Waals surface area contributed by atoms with Crippen LogP contribution in [-0.2, 0) is 18.3 Å². The Morgan fingerprint density at radius 3 is 2.79 bits per heavy atom. The third kappa shape index (κ3) is 3.50. The van der Waals surface area contributed by atoms with Crippen LogP contribution in [-0.4, -0.2) is 31.8 Å². The van der Waals surface area contributed by atoms with E-state index in [9.17, 15) is 9.59 Å². The first-order valence-corrected chi connectivity index (χ1v) is 11.3. The maximum atomic E-state index is 13.3. The number of benzene rings is 2. The van der Waals surface area contributed by atoms with Crippen molar-refractivity contribution in [3.05, 3.63) is 76.3 Å². The lowest BCUT2D eigenvalue weighted by molar-refractivity contribution is -0.124. The molecule has 3 heterocycles. The monoisotopic (exact) mass is 441 g/mol. The highest BCUT2D eigenvalue weighted by molar-refractivity contribution is 6.08. The molecule has 0 aliphatic heterocycles. The highest BCUT2D eigenvalue weighted by Gasteiger charge is 2.25. The zero-order valence-corrected chi connectivity index (χ0v) is 19.1. The Labute approximate surface area is 191 Å². The van der Waals surface area contributed by atoms with Crippen LogP contribution in [0.1, 0.15) is 30.5 Å². The highest BCUT2D eigenvalue weighted by Crippen LogP contribution is 2.30. The van der Waals surface area contributed by atoms with Crippen LogP contribution in [0.25, 0.3) is 32.7 Å². The first kappa shape index (κ1) is 21.0. The number of nitrogens with one attached hydrogen (secondary N) is 2. The van der Waals surface area contributed by atoms with E-state index in [0.29, 0.717) is 18.5 Å². The molecule has 0 bridgehead atoms. The molecule has 3 aromatic heterocycles. The summed E-state index contributed by atoms with van der Waals surface area (Å²) in [5.74, 6) is -0.0879. The lowest BCUT2D eigenvalue weighted by Crippen LogP contribution is -2.34. The van der Waals surface area contributed by atoms with E-state index in [1.165, 1.54) is 21.2 Å². The molecule has 0 aliphatic carbocycles. The summed E-state index contributed by atoms with van der Waals surface area (Å²) in [6, 6.07) is 13.6. The van der Waals surface area contributed by atoms with E-state index < -0.39 is 6.04 Å². The normalized spacial score (nSPS) is 12.6. The molecule has 1 amide bonds. The van der Waals surface area contributed by atoms with Gasteiger partial charge in [-0.25, -0.2) is 4.68 Å². The van der Waals surface area contributed by atoms with Crippen molar-refractivity contribution in [3.63, 3.8) is 0 Å². The molecule has 7 heteroatoms. The third-order valence-corrected chi connectivity index (χ3v) is 6.42. The maximum absolute atomic E-state index is 13.3. The first-order chi connectivity index (χ1) is 16.0. The topological polar surface area (TPSA) is 84.7 Å². The molecular formula is C26H27N5O2. The lowest BCUT2D eigenvalue weighted by atomic mass is 10.1. The quantitative estimate of drug-likeness (QED) is 0.418. The molecular weight excluding hydrogens is 414 g/mol. The fourth-order valence-electron chi connectivity index (χ4n) is 4.73. The van der Waals surface area contributed by atoms with Gasteiger partial charge in [0.1, 0.15) is 11.6 Å². The van der Waals surface area contributed by atoms with Gasteiger partial charge in [-0.3, -0.25) is 9.59 Å². The van der Waals surface area contributed by atoms with Crippen molar-refractivity contribution in [1.29, 1.82) is 0 Å². The molecule has 168 valence electrons. The van der Waals surface area contributed by atoms with Gasteiger partial charge in [0.05, 0.1) is 11.7 Å². The summed E-state index contributed by atoms with van der Waals surface area (Å²) in [6.45, 7) is 4.57. The van der Waals surface area contributed by atoms with Crippen molar-refractivity contribution in [2.24, 2.45) is 7.05 Å². The van der Waals surface area contributed by atoms with Crippen LogP contribution in [0.15, 0.2) is 59.7 Å². The molecule has 0 fully saturated rings. The third-order valence-electron chi connectivity index (χ3n) is 6.42. The van der Waals surface area contributed by atoms with Gasteiger partial charge in [-0.05, 0) is 43.5 Å². The molecule has 0 radical (unpaired) electrons. The predicted molar refractivity (Wildman–Crippen MR) is 132 cm³/mol. The lowest BCUT2D eigenvalue weighted by Gasteiger charge is -2.19. The minimum Gasteiger partial charge on any atom is -0.361 e. The van der Waals surface area contributed by atoms with Crippen LogP contribution in [0.5, 0.6) is 0 Å². The van der Waals surface area contributed by atoms with Gasteiger partial charge in [0.15, 0.2) is 0 Å². The van der Waals surface area contributed by atoms with Crippen molar-refractivity contribution in [2.45, 2.75) is 32.7 Å². The Kier molecular flexibility index (Phi) is 5.24. The van der Waals surface area contributed by atoms with Crippen molar-refractivity contribution < 1.29 is 4.79 Å². The fourth-order valence-corrected chi connectivity index (χ4v) is 4.73. The largest absolute Gasteiger partial charge is 0.361 e. The number of fused-ring (bicyclic) bond motifs is 4. The second-order valence-corrected chi connectivity index (χ2v) is 8.55. The molecule has 5 rings (SSSR count). The zero-order valence-electron chi connectivity index (χ0n) is 19.1. The molecule has 0 unspecified atom stereocenters. The average molecular weight is 442 g/mol. The first-order valence-electron chi connectivity index (χ1n) is 11.3. The fraction of sp³-hybridized carbons (Fsp3) is 0.269. The Bertz CT molecular complexity index is 1560. The minimum absolute atomic E-state index is 0.0879. The van der Waals surface area contributed by atoms with Gasteiger partial charge in [0, 0.05) is 41.5 Å². The van der Waals surface area contributed by atoms with E-state index in [1.807, 2.05) is 42.0 Å². The van der Waals surface area contributed by atoms with Gasteiger partial charge in [0.25, 0.3) is 5.56 Å². The Balaban J connectivity index is 1.46. The number of hydrogen-bond acceptors (Lipinski definition) is 3. The summed E-state index contributed by atoms with van der Waals surface area (Å²) in [6.07, 6.45) is 5.01. The molecule has 33 heavy (non-hydrogen) atoms. The molecule has 7 nitrogen and oxygen atoms in total. The molecule has 2 aromatic carbocycles. The van der Waals surface area contributed by atoms with Gasteiger partial charge < -0.3 is 14.9 Å². The smallest absolute Gasteiger partial charge is 0.291 e. The number of aromatic nitrogens is 4. The number of aryl methyl sites for hydroxylation is 2. The van der Waals surface area contributed by atoms with Gasteiger partial charge in [-0.2, -0.15) is 5.10 Å². The van der Waals surface area contributed by atoms with Crippen LogP contribution < -0.4 is 10.9 Å². The number of para-hydroxylation sites is 1. The molecule has 0 spiro atoms. The molecule has 5 aromatic rings. The average Bonchev–Trinajstić information content (AvgIpc) is 3.36. The minimum atomic E-state index is -0.493. The van der Waals surface area contributed by atoms with Crippen LogP contribution in [0.4, 0.5) is 0 Å². The van der Waals surface area contributed by atoms with E-state index in [4.69, 9.17) is 0 Å². The Morgan fingerprint density at radius 2 is 1.97 bits per heavy atom. The number of rotatable bonds is 6. The number of H-pyrrole nitrogens is 1. The van der Waals surface area contributed by atoms with Crippen LogP contribution in [0.2, 0.25) is 0 Å². The van der Waals surface area contributed by atoms with Gasteiger partial charge >= 0.3 is 0 Å². The number of amides is 1. The Morgan fingerprint density at radius 1 is 1.15 bits per heavy atom. The predicted octanol–water partition coefficient (Wildman–Crippen LogP) is 3.99. The Hall–Kier alpha value is -3.87. The van der Waals surface area contributed by atoms with E-state index in [-0.39, 0.29) is 11.5 Å². The number of nitrogens with zero attached hydrogens (tertiary/aromatic N) is 3. The van der Waals surface area contributed by atoms with Crippen molar-refractivity contribution in [2.75, 3.05) is 6.54 Å². The van der Waals surface area contributed by atoms with E-state index in [2.05, 4.69) is 40.5 Å². The summed E-state index contributed by atoms with van der Waals surface area (Å²) in [7, 11) is 1.63. The van der Waals surface area contributed by atoms with Crippen LogP contribution in [0.3, 0.4) is 0 Å². The summed E-state index contributed by atoms with van der Waals surface area (Å²) in [5.41, 5.74) is 4.67. The number of carbonyl (C=O) groups is 1. The van der Waals surface area contributed by atoms with Gasteiger partial charge in [-0.15, -0.1) is 0 Å².